The lowest BCUT2D eigenvalue weighted by atomic mass is 9.97. The van der Waals surface area contributed by atoms with Gasteiger partial charge >= 0.3 is 0 Å². The minimum Gasteiger partial charge on any atom is -0.324 e. The number of carbonyl (C=O) groups is 2. The summed E-state index contributed by atoms with van der Waals surface area (Å²) in [6.07, 6.45) is 0.835. The highest BCUT2D eigenvalue weighted by molar-refractivity contribution is 6.03. The van der Waals surface area contributed by atoms with Crippen molar-refractivity contribution in [2.24, 2.45) is 0 Å². The first kappa shape index (κ1) is 19.7. The Morgan fingerprint density at radius 1 is 1.08 bits per heavy atom. The molecule has 0 aliphatic rings. The number of nitrogens with one attached hydrogen (secondary N) is 1. The predicted octanol–water partition coefficient (Wildman–Crippen LogP) is 4.67. The Hall–Kier alpha value is -2.62. The molecule has 2 rings (SSSR count). The molecule has 4 nitrogen and oxygen atoms in total. The molecule has 0 spiro atoms. The quantitative estimate of drug-likeness (QED) is 0.821. The largest absolute Gasteiger partial charge is 0.324 e. The third-order valence-corrected chi connectivity index (χ3v) is 4.52. The molecule has 138 valence electrons. The number of hydrogen-bond donors (Lipinski definition) is 1. The van der Waals surface area contributed by atoms with Gasteiger partial charge in [-0.2, -0.15) is 0 Å². The fourth-order valence-corrected chi connectivity index (χ4v) is 3.15. The van der Waals surface area contributed by atoms with Crippen LogP contribution in [0.5, 0.6) is 0 Å². The average molecular weight is 352 g/mol. The van der Waals surface area contributed by atoms with Gasteiger partial charge in [-0.1, -0.05) is 57.2 Å². The zero-order valence-electron chi connectivity index (χ0n) is 16.3. The van der Waals surface area contributed by atoms with Gasteiger partial charge in [0.05, 0.1) is 5.69 Å². The molecule has 4 heteroatoms. The number of carbonyl (C=O) groups excluding carboxylic acids is 2. The Bertz CT molecular complexity index is 796. The lowest BCUT2D eigenvalue weighted by molar-refractivity contribution is -0.120. The highest BCUT2D eigenvalue weighted by Crippen LogP contribution is 2.31. The number of amides is 2. The summed E-state index contributed by atoms with van der Waals surface area (Å²) < 4.78 is 0. The van der Waals surface area contributed by atoms with Gasteiger partial charge in [-0.05, 0) is 42.0 Å². The topological polar surface area (TPSA) is 49.4 Å². The lowest BCUT2D eigenvalue weighted by Crippen LogP contribution is -2.38. The van der Waals surface area contributed by atoms with Crippen LogP contribution in [0.1, 0.15) is 50.3 Å². The summed E-state index contributed by atoms with van der Waals surface area (Å²) in [7, 11) is 0. The molecule has 0 saturated carbocycles. The van der Waals surface area contributed by atoms with Crippen molar-refractivity contribution in [1.29, 1.82) is 0 Å². The van der Waals surface area contributed by atoms with E-state index in [0.29, 0.717) is 0 Å². The molecule has 0 saturated heterocycles. The summed E-state index contributed by atoms with van der Waals surface area (Å²) in [4.78, 5) is 26.6. The maximum absolute atomic E-state index is 12.7. The van der Waals surface area contributed by atoms with E-state index < -0.39 is 0 Å². The first-order chi connectivity index (χ1) is 12.3. The van der Waals surface area contributed by atoms with Crippen molar-refractivity contribution in [3.05, 3.63) is 59.2 Å². The first-order valence-corrected chi connectivity index (χ1v) is 9.10. The molecule has 0 heterocycles. The van der Waals surface area contributed by atoms with Crippen LogP contribution in [-0.2, 0) is 16.0 Å². The monoisotopic (exact) mass is 352 g/mol. The summed E-state index contributed by atoms with van der Waals surface area (Å²) >= 11 is 0. The van der Waals surface area contributed by atoms with Crippen molar-refractivity contribution in [2.45, 2.75) is 47.0 Å². The molecule has 2 aromatic rings. The van der Waals surface area contributed by atoms with E-state index in [2.05, 4.69) is 26.1 Å². The highest BCUT2D eigenvalue weighted by Gasteiger charge is 2.22. The van der Waals surface area contributed by atoms with E-state index in [1.54, 1.807) is 4.90 Å². The Morgan fingerprint density at radius 2 is 1.77 bits per heavy atom. The summed E-state index contributed by atoms with van der Waals surface area (Å²) in [5.41, 5.74) is 4.79. The van der Waals surface area contributed by atoms with Gasteiger partial charge in [-0.15, -0.1) is 0 Å². The second-order valence-electron chi connectivity index (χ2n) is 6.83. The van der Waals surface area contributed by atoms with Crippen LogP contribution in [0.4, 0.5) is 11.4 Å². The van der Waals surface area contributed by atoms with Crippen LogP contribution in [0.3, 0.4) is 0 Å². The van der Waals surface area contributed by atoms with Crippen molar-refractivity contribution in [2.75, 3.05) is 16.8 Å². The normalized spacial score (nSPS) is 10.7. The van der Waals surface area contributed by atoms with E-state index in [-0.39, 0.29) is 24.3 Å². The van der Waals surface area contributed by atoms with E-state index in [1.165, 1.54) is 6.92 Å². The van der Waals surface area contributed by atoms with Gasteiger partial charge in [-0.25, -0.2) is 0 Å². The van der Waals surface area contributed by atoms with E-state index in [0.717, 1.165) is 34.5 Å². The minimum atomic E-state index is -0.195. The number of hydrogen-bond acceptors (Lipinski definition) is 2. The number of rotatable bonds is 6. The zero-order chi connectivity index (χ0) is 19.3. The average Bonchev–Trinajstić information content (AvgIpc) is 2.60. The van der Waals surface area contributed by atoms with Crippen LogP contribution in [0.2, 0.25) is 0 Å². The van der Waals surface area contributed by atoms with Crippen LogP contribution in [-0.4, -0.2) is 18.4 Å². The van der Waals surface area contributed by atoms with Gasteiger partial charge < -0.3 is 10.2 Å². The molecule has 0 aromatic heterocycles. The predicted molar refractivity (Wildman–Crippen MR) is 108 cm³/mol. The number of aryl methyl sites for hydroxylation is 2. The van der Waals surface area contributed by atoms with Crippen LogP contribution < -0.4 is 10.2 Å². The molecule has 0 aliphatic heterocycles. The van der Waals surface area contributed by atoms with Crippen LogP contribution >= 0.6 is 0 Å². The summed E-state index contributed by atoms with van der Waals surface area (Å²) in [6, 6.07) is 13.7. The van der Waals surface area contributed by atoms with Gasteiger partial charge in [0.1, 0.15) is 6.54 Å². The Kier molecular flexibility index (Phi) is 6.56. The molecule has 2 aromatic carbocycles. The Labute approximate surface area is 156 Å². The standard InChI is InChI=1S/C22H28N2O2/c1-6-18-11-7-8-13-20(18)23-21(26)14-24(17(5)25)22-16(4)10-9-12-19(22)15(2)3/h7-13,15H,6,14H2,1-5H3,(H,23,26). The van der Waals surface area contributed by atoms with Crippen LogP contribution in [0, 0.1) is 6.92 Å². The minimum absolute atomic E-state index is 0.00203. The molecular formula is C22H28N2O2. The maximum Gasteiger partial charge on any atom is 0.244 e. The fraction of sp³-hybridized carbons (Fsp3) is 0.364. The molecule has 0 atom stereocenters. The first-order valence-electron chi connectivity index (χ1n) is 9.10. The summed E-state index contributed by atoms with van der Waals surface area (Å²) in [6.45, 7) is 9.71. The molecule has 0 unspecified atom stereocenters. The molecular weight excluding hydrogens is 324 g/mol. The third-order valence-electron chi connectivity index (χ3n) is 4.52. The van der Waals surface area contributed by atoms with E-state index in [4.69, 9.17) is 0 Å². The smallest absolute Gasteiger partial charge is 0.244 e. The second kappa shape index (κ2) is 8.65. The van der Waals surface area contributed by atoms with Crippen molar-refractivity contribution in [3.63, 3.8) is 0 Å². The number of para-hydroxylation sites is 2. The van der Waals surface area contributed by atoms with E-state index >= 15 is 0 Å². The lowest BCUT2D eigenvalue weighted by Gasteiger charge is -2.27. The van der Waals surface area contributed by atoms with E-state index in [9.17, 15) is 9.59 Å². The molecule has 1 N–H and O–H groups in total. The molecule has 0 fully saturated rings. The number of nitrogens with zero attached hydrogens (tertiary/aromatic N) is 1. The molecule has 0 radical (unpaired) electrons. The molecule has 26 heavy (non-hydrogen) atoms. The van der Waals surface area contributed by atoms with E-state index in [1.807, 2.05) is 49.4 Å². The number of benzene rings is 2. The Morgan fingerprint density at radius 3 is 2.38 bits per heavy atom. The Balaban J connectivity index is 2.30. The van der Waals surface area contributed by atoms with Crippen molar-refractivity contribution < 1.29 is 9.59 Å². The van der Waals surface area contributed by atoms with Crippen molar-refractivity contribution in [1.82, 2.24) is 0 Å². The third kappa shape index (κ3) is 4.51. The summed E-state index contributed by atoms with van der Waals surface area (Å²) in [5, 5.41) is 2.95. The van der Waals surface area contributed by atoms with Gasteiger partial charge in [0.25, 0.3) is 0 Å². The SMILES string of the molecule is CCc1ccccc1NC(=O)CN(C(C)=O)c1c(C)cccc1C(C)C. The number of anilines is 2. The molecule has 0 bridgehead atoms. The maximum atomic E-state index is 12.7. The van der Waals surface area contributed by atoms with Crippen LogP contribution in [0.15, 0.2) is 42.5 Å². The molecule has 0 aliphatic carbocycles. The van der Waals surface area contributed by atoms with Crippen molar-refractivity contribution in [3.8, 4) is 0 Å². The van der Waals surface area contributed by atoms with Gasteiger partial charge in [0, 0.05) is 12.6 Å². The summed E-state index contributed by atoms with van der Waals surface area (Å²) in [5.74, 6) is -0.0742. The van der Waals surface area contributed by atoms with Crippen molar-refractivity contribution >= 4 is 23.2 Å². The zero-order valence-corrected chi connectivity index (χ0v) is 16.3. The van der Waals surface area contributed by atoms with Gasteiger partial charge in [0.15, 0.2) is 0 Å². The van der Waals surface area contributed by atoms with Crippen LogP contribution in [0.25, 0.3) is 0 Å². The van der Waals surface area contributed by atoms with Gasteiger partial charge in [0.2, 0.25) is 11.8 Å². The fourth-order valence-electron chi connectivity index (χ4n) is 3.15. The highest BCUT2D eigenvalue weighted by atomic mass is 16.2. The van der Waals surface area contributed by atoms with Gasteiger partial charge in [-0.3, -0.25) is 9.59 Å². The molecule has 2 amide bonds. The second-order valence-corrected chi connectivity index (χ2v) is 6.83.